The zero-order valence-electron chi connectivity index (χ0n) is 7.14. The fraction of sp³-hybridized carbons (Fsp3) is 0.333. The van der Waals surface area contributed by atoms with Crippen molar-refractivity contribution in [2.45, 2.75) is 12.8 Å². The maximum Gasteiger partial charge on any atom is 0.152 e. The van der Waals surface area contributed by atoms with Gasteiger partial charge in [-0.25, -0.2) is 0 Å². The van der Waals surface area contributed by atoms with Crippen molar-refractivity contribution < 1.29 is 9.94 Å². The first-order valence-corrected chi connectivity index (χ1v) is 4.06. The van der Waals surface area contributed by atoms with Crippen LogP contribution in [0.25, 0.3) is 0 Å². The van der Waals surface area contributed by atoms with Crippen molar-refractivity contribution in [1.82, 2.24) is 0 Å². The summed E-state index contributed by atoms with van der Waals surface area (Å²) in [6.45, 7) is 0.886. The van der Waals surface area contributed by atoms with Crippen molar-refractivity contribution >= 4 is 0 Å². The number of rotatable bonds is 0. The molecule has 0 amide bonds. The quantitative estimate of drug-likeness (QED) is 0.492. The molecule has 0 saturated heterocycles. The molecule has 4 nitrogen and oxygen atoms in total. The van der Waals surface area contributed by atoms with Gasteiger partial charge >= 0.3 is 0 Å². The third-order valence-corrected chi connectivity index (χ3v) is 1.82. The minimum Gasteiger partial charge on any atom is -0.493 e. The summed E-state index contributed by atoms with van der Waals surface area (Å²) in [6.07, 6.45) is 2.34. The molecule has 1 aliphatic heterocycles. The molecule has 1 aliphatic rings. The van der Waals surface area contributed by atoms with Crippen molar-refractivity contribution in [3.05, 3.63) is 34.7 Å². The Labute approximate surface area is 76.1 Å². The average Bonchev–Trinajstić information content (AvgIpc) is 2.19. The molecule has 0 aliphatic carbocycles. The Kier molecular flexibility index (Phi) is 3.75. The summed E-state index contributed by atoms with van der Waals surface area (Å²) in [4.78, 5) is 8.11. The van der Waals surface area contributed by atoms with Crippen LogP contribution in [-0.2, 0) is 6.42 Å². The van der Waals surface area contributed by atoms with Crippen molar-refractivity contribution in [2.24, 2.45) is 5.34 Å². The molecule has 0 aromatic heterocycles. The molecule has 0 spiro atoms. The van der Waals surface area contributed by atoms with E-state index in [9.17, 15) is 0 Å². The van der Waals surface area contributed by atoms with E-state index < -0.39 is 0 Å². The molecule has 0 fully saturated rings. The minimum absolute atomic E-state index is 0.886. The number of fused-ring (bicyclic) bond motifs is 1. The molecule has 0 saturated carbocycles. The second-order valence-corrected chi connectivity index (χ2v) is 2.64. The van der Waals surface area contributed by atoms with Crippen LogP contribution in [0.15, 0.2) is 29.6 Å². The van der Waals surface area contributed by atoms with E-state index in [4.69, 9.17) is 14.9 Å². The summed E-state index contributed by atoms with van der Waals surface area (Å²) in [5.41, 5.74) is 1.36. The van der Waals surface area contributed by atoms with E-state index >= 15 is 0 Å². The van der Waals surface area contributed by atoms with E-state index in [1.807, 2.05) is 12.1 Å². The molecule has 4 heteroatoms. The van der Waals surface area contributed by atoms with Crippen LogP contribution in [0.1, 0.15) is 12.0 Å². The van der Waals surface area contributed by atoms with E-state index in [-0.39, 0.29) is 0 Å². The number of aryl methyl sites for hydroxylation is 1. The molecule has 0 radical (unpaired) electrons. The van der Waals surface area contributed by atoms with Crippen molar-refractivity contribution in [2.75, 3.05) is 6.61 Å². The molecule has 1 aromatic rings. The summed E-state index contributed by atoms with van der Waals surface area (Å²) in [5, 5.41) is 7.89. The number of para-hydroxylation sites is 1. The van der Waals surface area contributed by atoms with Gasteiger partial charge in [0.2, 0.25) is 0 Å². The molecule has 1 heterocycles. The van der Waals surface area contributed by atoms with Gasteiger partial charge in [-0.15, -0.1) is 4.91 Å². The Morgan fingerprint density at radius 3 is 2.77 bits per heavy atom. The maximum atomic E-state index is 8.11. The van der Waals surface area contributed by atoms with Crippen LogP contribution in [0.5, 0.6) is 5.75 Å². The van der Waals surface area contributed by atoms with Gasteiger partial charge in [-0.3, -0.25) is 0 Å². The Balaban J connectivity index is 0.000000251. The van der Waals surface area contributed by atoms with Crippen LogP contribution in [0.3, 0.4) is 0 Å². The van der Waals surface area contributed by atoms with Crippen LogP contribution >= 0.6 is 0 Å². The van der Waals surface area contributed by atoms with Gasteiger partial charge in [0.05, 0.1) is 6.61 Å². The Morgan fingerprint density at radius 2 is 2.08 bits per heavy atom. The molecule has 13 heavy (non-hydrogen) atoms. The largest absolute Gasteiger partial charge is 0.493 e. The first-order chi connectivity index (χ1) is 6.38. The molecule has 0 atom stereocenters. The summed E-state index contributed by atoms with van der Waals surface area (Å²) in [6, 6.07) is 8.25. The second-order valence-electron chi connectivity index (χ2n) is 2.64. The third-order valence-electron chi connectivity index (χ3n) is 1.82. The monoisotopic (exact) mass is 181 g/mol. The number of hydrogen-bond acceptors (Lipinski definition) is 3. The van der Waals surface area contributed by atoms with Gasteiger partial charge in [0.1, 0.15) is 5.75 Å². The highest BCUT2D eigenvalue weighted by atomic mass is 16.6. The fourth-order valence-electron chi connectivity index (χ4n) is 1.30. The van der Waals surface area contributed by atoms with Crippen molar-refractivity contribution in [3.8, 4) is 5.75 Å². The first-order valence-electron chi connectivity index (χ1n) is 4.06. The van der Waals surface area contributed by atoms with Gasteiger partial charge < -0.3 is 9.94 Å². The molecule has 1 N–H and O–H groups in total. The first kappa shape index (κ1) is 9.51. The summed E-state index contributed by atoms with van der Waals surface area (Å²) >= 11 is 0. The lowest BCUT2D eigenvalue weighted by atomic mass is 10.1. The van der Waals surface area contributed by atoms with Gasteiger partial charge in [0.25, 0.3) is 0 Å². The lowest BCUT2D eigenvalue weighted by Crippen LogP contribution is -2.07. The highest BCUT2D eigenvalue weighted by Crippen LogP contribution is 2.22. The standard InChI is InChI=1S/C9H10O.HNO2/c1-2-6-9-8(4-1)5-3-7-10-9;2-1-3/h1-2,4,6H,3,5,7H2;(H,2,3). The Morgan fingerprint density at radius 1 is 1.38 bits per heavy atom. The zero-order chi connectivity index (χ0) is 9.52. The van der Waals surface area contributed by atoms with Gasteiger partial charge in [0, 0.05) is 0 Å². The maximum absolute atomic E-state index is 8.11. The fourth-order valence-corrected chi connectivity index (χ4v) is 1.30. The predicted molar refractivity (Wildman–Crippen MR) is 47.8 cm³/mol. The lowest BCUT2D eigenvalue weighted by molar-refractivity contribution is 0.288. The predicted octanol–water partition coefficient (Wildman–Crippen LogP) is 2.15. The van der Waals surface area contributed by atoms with Gasteiger partial charge in [-0.1, -0.05) is 18.2 Å². The molecular weight excluding hydrogens is 170 g/mol. The van der Waals surface area contributed by atoms with Crippen molar-refractivity contribution in [3.63, 3.8) is 0 Å². The highest BCUT2D eigenvalue weighted by Gasteiger charge is 2.06. The van der Waals surface area contributed by atoms with Crippen LogP contribution in [-0.4, -0.2) is 11.8 Å². The molecule has 1 aromatic carbocycles. The topological polar surface area (TPSA) is 58.9 Å². The summed E-state index contributed by atoms with van der Waals surface area (Å²) < 4.78 is 5.42. The molecule has 0 unspecified atom stereocenters. The third kappa shape index (κ3) is 2.74. The average molecular weight is 181 g/mol. The van der Waals surface area contributed by atoms with Crippen LogP contribution < -0.4 is 4.74 Å². The zero-order valence-corrected chi connectivity index (χ0v) is 7.14. The summed E-state index contributed by atoms with van der Waals surface area (Å²) in [7, 11) is 0. The van der Waals surface area contributed by atoms with Crippen molar-refractivity contribution in [1.29, 1.82) is 0 Å². The Hall–Kier alpha value is -1.58. The van der Waals surface area contributed by atoms with E-state index in [1.165, 1.54) is 17.3 Å². The number of nitrogens with zero attached hydrogens (tertiary/aromatic N) is 1. The van der Waals surface area contributed by atoms with E-state index in [1.54, 1.807) is 0 Å². The van der Waals surface area contributed by atoms with Gasteiger partial charge in [0.15, 0.2) is 5.34 Å². The van der Waals surface area contributed by atoms with E-state index in [0.29, 0.717) is 0 Å². The lowest BCUT2D eigenvalue weighted by Gasteiger charge is -2.15. The molecule has 70 valence electrons. The molecular formula is C9H11NO3. The Bertz CT molecular complexity index is 250. The van der Waals surface area contributed by atoms with Crippen LogP contribution in [0.2, 0.25) is 0 Å². The van der Waals surface area contributed by atoms with Gasteiger partial charge in [-0.05, 0) is 24.5 Å². The van der Waals surface area contributed by atoms with Gasteiger partial charge in [-0.2, -0.15) is 0 Å². The molecule has 0 bridgehead atoms. The SMILES string of the molecule is O=NO.c1ccc2c(c1)CCCO2. The smallest absolute Gasteiger partial charge is 0.152 e. The van der Waals surface area contributed by atoms with E-state index in [2.05, 4.69) is 12.1 Å². The summed E-state index contributed by atoms with van der Waals surface area (Å²) in [5.74, 6) is 1.08. The number of ether oxygens (including phenoxy) is 1. The number of hydrogen-bond donors (Lipinski definition) is 1. The minimum atomic E-state index is 0.886. The van der Waals surface area contributed by atoms with E-state index in [0.717, 1.165) is 18.8 Å². The second kappa shape index (κ2) is 5.13. The highest BCUT2D eigenvalue weighted by molar-refractivity contribution is 5.34. The normalized spacial score (nSPS) is 12.9. The van der Waals surface area contributed by atoms with Crippen LogP contribution in [0, 0.1) is 4.91 Å². The number of benzene rings is 1. The molecule has 2 rings (SSSR count). The van der Waals surface area contributed by atoms with Crippen LogP contribution in [0.4, 0.5) is 0 Å².